The Bertz CT molecular complexity index is 169. The summed E-state index contributed by atoms with van der Waals surface area (Å²) in [5.41, 5.74) is 0. The quantitative estimate of drug-likeness (QED) is 0.546. The Labute approximate surface area is 92.4 Å². The fraction of sp³-hybridized carbons (Fsp3) is 0.818. The second-order valence-corrected chi connectivity index (χ2v) is 2.79. The lowest BCUT2D eigenvalue weighted by Gasteiger charge is -2.04. The molecule has 0 aromatic heterocycles. The molecule has 1 N–H and O–H groups in total. The number of hydrogen-bond acceptors (Lipinski definition) is 3. The van der Waals surface area contributed by atoms with E-state index in [0.717, 1.165) is 12.8 Å². The van der Waals surface area contributed by atoms with E-state index in [1.807, 2.05) is 20.8 Å². The van der Waals surface area contributed by atoms with Crippen molar-refractivity contribution in [3.63, 3.8) is 0 Å². The molecule has 0 saturated heterocycles. The van der Waals surface area contributed by atoms with E-state index in [9.17, 15) is 9.59 Å². The van der Waals surface area contributed by atoms with Gasteiger partial charge in [0.15, 0.2) is 0 Å². The van der Waals surface area contributed by atoms with Crippen molar-refractivity contribution in [3.05, 3.63) is 0 Å². The van der Waals surface area contributed by atoms with Crippen molar-refractivity contribution in [1.82, 2.24) is 5.32 Å². The zero-order valence-corrected chi connectivity index (χ0v) is 10.3. The molecule has 4 nitrogen and oxygen atoms in total. The molecule has 0 rings (SSSR count). The molecule has 0 spiro atoms. The fourth-order valence-corrected chi connectivity index (χ4v) is 0.811. The van der Waals surface area contributed by atoms with Crippen LogP contribution in [-0.2, 0) is 14.3 Å². The standard InChI is InChI=1S/C9H17NO3.C2H6/c1-3-4-5-9(12)10-6-7-13-8(2)11;1-2/h3-7H2,1-2H3,(H,10,12);1-2H3. The lowest BCUT2D eigenvalue weighted by atomic mass is 10.2. The summed E-state index contributed by atoms with van der Waals surface area (Å²) in [5.74, 6) is -0.295. The first-order valence-corrected chi connectivity index (χ1v) is 5.57. The summed E-state index contributed by atoms with van der Waals surface area (Å²) in [7, 11) is 0. The van der Waals surface area contributed by atoms with Gasteiger partial charge in [0, 0.05) is 13.3 Å². The van der Waals surface area contributed by atoms with Gasteiger partial charge in [0.2, 0.25) is 5.91 Å². The van der Waals surface area contributed by atoms with Gasteiger partial charge in [0.05, 0.1) is 6.54 Å². The van der Waals surface area contributed by atoms with Crippen LogP contribution < -0.4 is 5.32 Å². The summed E-state index contributed by atoms with van der Waals surface area (Å²) >= 11 is 0. The van der Waals surface area contributed by atoms with Gasteiger partial charge >= 0.3 is 5.97 Å². The van der Waals surface area contributed by atoms with Gasteiger partial charge < -0.3 is 10.1 Å². The lowest BCUT2D eigenvalue weighted by molar-refractivity contribution is -0.141. The molecule has 0 bridgehead atoms. The summed E-state index contributed by atoms with van der Waals surface area (Å²) in [4.78, 5) is 21.3. The van der Waals surface area contributed by atoms with Crippen LogP contribution in [0, 0.1) is 0 Å². The van der Waals surface area contributed by atoms with Crippen LogP contribution >= 0.6 is 0 Å². The van der Waals surface area contributed by atoms with Crippen molar-refractivity contribution in [2.24, 2.45) is 0 Å². The number of esters is 1. The number of unbranched alkanes of at least 4 members (excludes halogenated alkanes) is 1. The Hall–Kier alpha value is -1.06. The molecule has 4 heteroatoms. The van der Waals surface area contributed by atoms with Gasteiger partial charge in [-0.25, -0.2) is 0 Å². The second-order valence-electron chi connectivity index (χ2n) is 2.79. The number of hydrogen-bond donors (Lipinski definition) is 1. The lowest BCUT2D eigenvalue weighted by Crippen LogP contribution is -2.27. The third-order valence-corrected chi connectivity index (χ3v) is 1.49. The monoisotopic (exact) mass is 217 g/mol. The maximum atomic E-state index is 11.0. The van der Waals surface area contributed by atoms with E-state index in [2.05, 4.69) is 10.1 Å². The topological polar surface area (TPSA) is 55.4 Å². The van der Waals surface area contributed by atoms with Crippen LogP contribution in [0.4, 0.5) is 0 Å². The SMILES string of the molecule is CC.CCCCC(=O)NCCOC(C)=O. The van der Waals surface area contributed by atoms with E-state index < -0.39 is 0 Å². The average Bonchev–Trinajstić information content (AvgIpc) is 2.24. The fourth-order valence-electron chi connectivity index (χ4n) is 0.811. The van der Waals surface area contributed by atoms with Crippen molar-refractivity contribution in [2.45, 2.75) is 47.0 Å². The third kappa shape index (κ3) is 15.7. The number of ether oxygens (including phenoxy) is 1. The van der Waals surface area contributed by atoms with Gasteiger partial charge in [-0.05, 0) is 6.42 Å². The third-order valence-electron chi connectivity index (χ3n) is 1.49. The summed E-state index contributed by atoms with van der Waals surface area (Å²) in [6.45, 7) is 8.04. The van der Waals surface area contributed by atoms with Crippen molar-refractivity contribution >= 4 is 11.9 Å². The first-order chi connectivity index (χ1) is 7.16. The van der Waals surface area contributed by atoms with Crippen molar-refractivity contribution in [1.29, 1.82) is 0 Å². The Morgan fingerprint density at radius 2 is 1.87 bits per heavy atom. The number of nitrogens with one attached hydrogen (secondary N) is 1. The molecule has 0 aliphatic rings. The summed E-state index contributed by atoms with van der Waals surface area (Å²) in [5, 5.41) is 2.66. The average molecular weight is 217 g/mol. The van der Waals surface area contributed by atoms with Crippen LogP contribution in [0.25, 0.3) is 0 Å². The molecule has 0 aliphatic carbocycles. The normalized spacial score (nSPS) is 8.53. The van der Waals surface area contributed by atoms with Crippen molar-refractivity contribution < 1.29 is 14.3 Å². The summed E-state index contributed by atoms with van der Waals surface area (Å²) in [6.07, 6.45) is 2.47. The molecular formula is C11H23NO3. The van der Waals surface area contributed by atoms with Gasteiger partial charge in [-0.1, -0.05) is 27.2 Å². The van der Waals surface area contributed by atoms with Gasteiger partial charge in [0.25, 0.3) is 0 Å². The predicted molar refractivity (Wildman–Crippen MR) is 60.5 cm³/mol. The highest BCUT2D eigenvalue weighted by molar-refractivity contribution is 5.75. The molecule has 1 amide bonds. The molecule has 0 heterocycles. The van der Waals surface area contributed by atoms with Crippen LogP contribution in [0.15, 0.2) is 0 Å². The van der Waals surface area contributed by atoms with Crippen LogP contribution in [0.3, 0.4) is 0 Å². The van der Waals surface area contributed by atoms with Crippen LogP contribution in [0.5, 0.6) is 0 Å². The van der Waals surface area contributed by atoms with Gasteiger partial charge in [-0.15, -0.1) is 0 Å². The van der Waals surface area contributed by atoms with Crippen LogP contribution in [0.2, 0.25) is 0 Å². The van der Waals surface area contributed by atoms with Crippen LogP contribution in [-0.4, -0.2) is 25.0 Å². The van der Waals surface area contributed by atoms with E-state index in [1.54, 1.807) is 0 Å². The highest BCUT2D eigenvalue weighted by Gasteiger charge is 1.99. The van der Waals surface area contributed by atoms with E-state index in [4.69, 9.17) is 0 Å². The molecule has 15 heavy (non-hydrogen) atoms. The minimum atomic E-state index is -0.317. The Morgan fingerprint density at radius 1 is 1.27 bits per heavy atom. The van der Waals surface area contributed by atoms with Crippen molar-refractivity contribution in [3.8, 4) is 0 Å². The molecule has 0 unspecified atom stereocenters. The Balaban J connectivity index is 0. The molecule has 0 aromatic carbocycles. The summed E-state index contributed by atoms with van der Waals surface area (Å²) < 4.78 is 4.64. The highest BCUT2D eigenvalue weighted by Crippen LogP contribution is 1.92. The first kappa shape index (κ1) is 16.4. The van der Waals surface area contributed by atoms with E-state index in [1.165, 1.54) is 6.92 Å². The van der Waals surface area contributed by atoms with E-state index in [-0.39, 0.29) is 18.5 Å². The van der Waals surface area contributed by atoms with Gasteiger partial charge in [-0.3, -0.25) is 9.59 Å². The minimum Gasteiger partial charge on any atom is -0.464 e. The molecule has 90 valence electrons. The molecular weight excluding hydrogens is 194 g/mol. The number of amides is 1. The zero-order chi connectivity index (χ0) is 12.1. The summed E-state index contributed by atoms with van der Waals surface area (Å²) in [6, 6.07) is 0. The smallest absolute Gasteiger partial charge is 0.302 e. The van der Waals surface area contributed by atoms with Gasteiger partial charge in [0.1, 0.15) is 6.61 Å². The molecule has 0 aromatic rings. The zero-order valence-electron chi connectivity index (χ0n) is 10.3. The number of rotatable bonds is 6. The maximum Gasteiger partial charge on any atom is 0.302 e. The second kappa shape index (κ2) is 12.9. The van der Waals surface area contributed by atoms with Gasteiger partial charge in [-0.2, -0.15) is 0 Å². The predicted octanol–water partition coefficient (Wildman–Crippen LogP) is 1.88. The molecule has 0 aliphatic heterocycles. The highest BCUT2D eigenvalue weighted by atomic mass is 16.5. The minimum absolute atomic E-state index is 0.0222. The van der Waals surface area contributed by atoms with E-state index >= 15 is 0 Å². The Kier molecular flexibility index (Phi) is 14.1. The molecule has 0 fully saturated rings. The molecule has 0 radical (unpaired) electrons. The Morgan fingerprint density at radius 3 is 2.33 bits per heavy atom. The first-order valence-electron chi connectivity index (χ1n) is 5.57. The van der Waals surface area contributed by atoms with E-state index in [0.29, 0.717) is 13.0 Å². The largest absolute Gasteiger partial charge is 0.464 e. The number of carbonyl (C=O) groups excluding carboxylic acids is 2. The van der Waals surface area contributed by atoms with Crippen molar-refractivity contribution in [2.75, 3.05) is 13.2 Å². The number of carbonyl (C=O) groups is 2. The molecule has 0 atom stereocenters. The molecule has 0 saturated carbocycles. The van der Waals surface area contributed by atoms with Crippen LogP contribution in [0.1, 0.15) is 47.0 Å². The maximum absolute atomic E-state index is 11.0.